The Hall–Kier alpha value is -4.82. The van der Waals surface area contributed by atoms with Crippen LogP contribution in [-0.2, 0) is 30.8 Å². The van der Waals surface area contributed by atoms with Gasteiger partial charge in [0.15, 0.2) is 5.82 Å². The molecule has 2 N–H and O–H groups in total. The lowest BCUT2D eigenvalue weighted by Gasteiger charge is -2.51. The molecule has 4 aliphatic rings. The summed E-state index contributed by atoms with van der Waals surface area (Å²) < 4.78 is 52.0. The molecule has 3 fully saturated rings. The maximum absolute atomic E-state index is 15.4. The molecule has 1 aromatic heterocycles. The molecule has 0 bridgehead atoms. The minimum Gasteiger partial charge on any atom is -0.508 e. The van der Waals surface area contributed by atoms with Gasteiger partial charge in [-0.05, 0) is 48.9 Å². The lowest BCUT2D eigenvalue weighted by molar-refractivity contribution is -0.141. The highest BCUT2D eigenvalue weighted by molar-refractivity contribution is 6.33. The SMILES string of the molecule is CCCN1C(=O)C2CC=C3C(CC4C(=O)N(Nc5ncc(C(F)(F)F)cc5Cl)C(=O)C4(c4ccc(Cl)cc4)C3c3c(OC)cc(O)cc3OC)C2C1=O. The Morgan fingerprint density at radius 3 is 2.23 bits per heavy atom. The molecule has 0 spiro atoms. The number of nitrogens with zero attached hydrogens (tertiary/aromatic N) is 3. The van der Waals surface area contributed by atoms with E-state index >= 15 is 4.79 Å². The van der Waals surface area contributed by atoms with E-state index in [0.29, 0.717) is 39.9 Å². The highest BCUT2D eigenvalue weighted by Gasteiger charge is 2.71. The van der Waals surface area contributed by atoms with Crippen molar-refractivity contribution in [1.29, 1.82) is 0 Å². The molecule has 2 aliphatic carbocycles. The summed E-state index contributed by atoms with van der Waals surface area (Å²) in [6, 6.07) is 9.66. The zero-order valence-corrected chi connectivity index (χ0v) is 30.1. The molecule has 3 aromatic rings. The van der Waals surface area contributed by atoms with Crippen molar-refractivity contribution in [3.05, 3.63) is 87.0 Å². The number of fused-ring (bicyclic) bond motifs is 4. The first kappa shape index (κ1) is 36.5. The Balaban J connectivity index is 1.49. The normalized spacial score (nSPS) is 26.6. The average Bonchev–Trinajstić information content (AvgIpc) is 3.49. The zero-order chi connectivity index (χ0) is 38.1. The number of aromatic nitrogens is 1. The van der Waals surface area contributed by atoms with Crippen LogP contribution in [0.3, 0.4) is 0 Å². The van der Waals surface area contributed by atoms with Gasteiger partial charge in [0.05, 0.1) is 48.0 Å². The highest BCUT2D eigenvalue weighted by atomic mass is 35.5. The molecule has 53 heavy (non-hydrogen) atoms. The summed E-state index contributed by atoms with van der Waals surface area (Å²) in [6.07, 6.45) is -1.71. The number of likely N-dealkylation sites (tertiary alicyclic amines) is 1. The second-order valence-corrected chi connectivity index (χ2v) is 14.4. The standard InChI is InChI=1S/C37H33Cl2F3N4O7/c1-4-11-45-32(48)22-10-9-21-23(28(22)34(45)50)15-24-33(49)46(44-31-25(39)12-18(16-43-31)37(40,41)42)35(51)36(24,17-5-7-19(38)8-6-17)30(21)29-26(52-2)13-20(47)14-27(29)53-3/h5-9,12-14,16,22-24,28,30,47H,4,10-11,15H2,1-3H3,(H,43,44). The first-order valence-corrected chi connectivity index (χ1v) is 17.6. The Morgan fingerprint density at radius 2 is 1.64 bits per heavy atom. The minimum absolute atomic E-state index is 0.0508. The predicted molar refractivity (Wildman–Crippen MR) is 185 cm³/mol. The van der Waals surface area contributed by atoms with Crippen LogP contribution in [0.15, 0.2) is 60.3 Å². The van der Waals surface area contributed by atoms with Crippen molar-refractivity contribution in [2.75, 3.05) is 26.2 Å². The van der Waals surface area contributed by atoms with Gasteiger partial charge in [-0.2, -0.15) is 18.2 Å². The smallest absolute Gasteiger partial charge is 0.417 e. The third-order valence-corrected chi connectivity index (χ3v) is 11.5. The molecule has 16 heteroatoms. The number of aromatic hydroxyl groups is 1. The number of hydrogen-bond acceptors (Lipinski definition) is 9. The van der Waals surface area contributed by atoms with Crippen molar-refractivity contribution in [3.63, 3.8) is 0 Å². The van der Waals surface area contributed by atoms with Crippen LogP contribution in [0.4, 0.5) is 19.0 Å². The van der Waals surface area contributed by atoms with Gasteiger partial charge < -0.3 is 14.6 Å². The van der Waals surface area contributed by atoms with Crippen molar-refractivity contribution < 1.29 is 46.9 Å². The number of allylic oxidation sites excluding steroid dienone is 2. The third-order valence-electron chi connectivity index (χ3n) is 10.9. The molecule has 278 valence electrons. The van der Waals surface area contributed by atoms with E-state index in [1.54, 1.807) is 24.3 Å². The second-order valence-electron chi connectivity index (χ2n) is 13.5. The summed E-state index contributed by atoms with van der Waals surface area (Å²) in [4.78, 5) is 63.0. The van der Waals surface area contributed by atoms with Gasteiger partial charge in [-0.15, -0.1) is 0 Å². The van der Waals surface area contributed by atoms with Gasteiger partial charge in [-0.25, -0.2) is 4.98 Å². The summed E-state index contributed by atoms with van der Waals surface area (Å²) in [5.74, 6) is -7.20. The van der Waals surface area contributed by atoms with Crippen LogP contribution < -0.4 is 14.9 Å². The Bertz CT molecular complexity index is 2050. The van der Waals surface area contributed by atoms with Crippen molar-refractivity contribution in [2.24, 2.45) is 23.7 Å². The van der Waals surface area contributed by atoms with Gasteiger partial charge in [0.25, 0.3) is 11.8 Å². The summed E-state index contributed by atoms with van der Waals surface area (Å²) >= 11 is 12.6. The first-order valence-electron chi connectivity index (χ1n) is 16.8. The van der Waals surface area contributed by atoms with Crippen molar-refractivity contribution >= 4 is 52.6 Å². The van der Waals surface area contributed by atoms with Crippen LogP contribution in [0.2, 0.25) is 10.0 Å². The number of pyridine rings is 1. The van der Waals surface area contributed by atoms with Gasteiger partial charge in [-0.3, -0.25) is 29.5 Å². The van der Waals surface area contributed by atoms with Gasteiger partial charge in [-0.1, -0.05) is 53.9 Å². The van der Waals surface area contributed by atoms with Crippen LogP contribution in [0.25, 0.3) is 0 Å². The molecule has 7 rings (SSSR count). The molecule has 6 atom stereocenters. The number of amides is 4. The fraction of sp³-hybridized carbons (Fsp3) is 0.378. The predicted octanol–water partition coefficient (Wildman–Crippen LogP) is 6.52. The third kappa shape index (κ3) is 5.51. The molecule has 0 radical (unpaired) electrons. The van der Waals surface area contributed by atoms with E-state index in [-0.39, 0.29) is 59.8 Å². The van der Waals surface area contributed by atoms with Crippen LogP contribution in [0, 0.1) is 23.7 Å². The lowest BCUT2D eigenvalue weighted by atomic mass is 9.49. The second kappa shape index (κ2) is 13.2. The number of rotatable bonds is 8. The van der Waals surface area contributed by atoms with E-state index in [1.165, 1.54) is 31.3 Å². The summed E-state index contributed by atoms with van der Waals surface area (Å²) in [6.45, 7) is 2.08. The highest BCUT2D eigenvalue weighted by Crippen LogP contribution is 2.66. The molecular weight excluding hydrogens is 740 g/mol. The van der Waals surface area contributed by atoms with Crippen molar-refractivity contribution in [3.8, 4) is 17.2 Å². The fourth-order valence-electron chi connectivity index (χ4n) is 8.82. The number of methoxy groups -OCH3 is 2. The first-order chi connectivity index (χ1) is 25.2. The Kier molecular flexibility index (Phi) is 9.13. The van der Waals surface area contributed by atoms with Crippen LogP contribution in [0.5, 0.6) is 17.2 Å². The van der Waals surface area contributed by atoms with Crippen molar-refractivity contribution in [2.45, 2.75) is 43.7 Å². The molecule has 2 saturated heterocycles. The maximum Gasteiger partial charge on any atom is 0.417 e. The maximum atomic E-state index is 15.4. The number of imide groups is 2. The minimum atomic E-state index is -4.76. The largest absolute Gasteiger partial charge is 0.508 e. The van der Waals surface area contributed by atoms with Crippen LogP contribution in [0.1, 0.15) is 48.8 Å². The number of nitrogens with one attached hydrogen (secondary N) is 1. The van der Waals surface area contributed by atoms with E-state index in [9.17, 15) is 32.7 Å². The van der Waals surface area contributed by atoms with E-state index in [2.05, 4.69) is 10.4 Å². The van der Waals surface area contributed by atoms with E-state index in [4.69, 9.17) is 32.7 Å². The summed E-state index contributed by atoms with van der Waals surface area (Å²) in [5, 5.41) is 11.2. The van der Waals surface area contributed by atoms with E-state index < -0.39 is 63.6 Å². The number of phenolic OH excluding ortho intramolecular Hbond substituents is 1. The summed E-state index contributed by atoms with van der Waals surface area (Å²) in [7, 11) is 2.73. The summed E-state index contributed by atoms with van der Waals surface area (Å²) in [5.41, 5.74) is 0.875. The number of phenols is 1. The fourth-order valence-corrected chi connectivity index (χ4v) is 9.15. The number of hydrazine groups is 1. The monoisotopic (exact) mass is 772 g/mol. The van der Waals surface area contributed by atoms with Gasteiger partial charge in [0, 0.05) is 41.4 Å². The molecule has 3 heterocycles. The van der Waals surface area contributed by atoms with E-state index in [1.807, 2.05) is 13.0 Å². The van der Waals surface area contributed by atoms with Gasteiger partial charge in [0.2, 0.25) is 11.8 Å². The Morgan fingerprint density at radius 1 is 0.981 bits per heavy atom. The molecule has 6 unspecified atom stereocenters. The topological polar surface area (TPSA) is 138 Å². The van der Waals surface area contributed by atoms with Gasteiger partial charge in [0.1, 0.15) is 17.2 Å². The molecule has 2 aliphatic heterocycles. The van der Waals surface area contributed by atoms with Crippen molar-refractivity contribution in [1.82, 2.24) is 14.9 Å². The van der Waals surface area contributed by atoms with Gasteiger partial charge >= 0.3 is 6.18 Å². The number of carbonyl (C=O) groups is 4. The quantitative estimate of drug-likeness (QED) is 0.194. The number of carbonyl (C=O) groups excluding carboxylic acids is 4. The molecule has 11 nitrogen and oxygen atoms in total. The average molecular weight is 774 g/mol. The number of ether oxygens (including phenoxy) is 2. The number of benzene rings is 2. The zero-order valence-electron chi connectivity index (χ0n) is 28.5. The number of halogens is 5. The lowest BCUT2D eigenvalue weighted by Crippen LogP contribution is -2.53. The number of hydrogen-bond donors (Lipinski definition) is 2. The number of alkyl halides is 3. The van der Waals surface area contributed by atoms with Crippen LogP contribution >= 0.6 is 23.2 Å². The van der Waals surface area contributed by atoms with Crippen LogP contribution in [-0.4, -0.2) is 64.4 Å². The molecule has 2 aromatic carbocycles. The molecular formula is C37H33Cl2F3N4O7. The van der Waals surface area contributed by atoms with E-state index in [0.717, 1.165) is 0 Å². The number of anilines is 1. The molecule has 4 amide bonds. The molecule has 1 saturated carbocycles. The Labute approximate surface area is 311 Å².